The molecule has 0 saturated heterocycles. The minimum absolute atomic E-state index is 0.0746. The topological polar surface area (TPSA) is 26.3 Å². The van der Waals surface area contributed by atoms with E-state index in [9.17, 15) is 4.79 Å². The minimum atomic E-state index is -0.203. The van der Waals surface area contributed by atoms with Crippen molar-refractivity contribution in [1.29, 1.82) is 0 Å². The normalized spacial score (nSPS) is 21.0. The monoisotopic (exact) mass is 196 g/mol. The van der Waals surface area contributed by atoms with E-state index in [1.807, 2.05) is 13.0 Å². The van der Waals surface area contributed by atoms with Crippen LogP contribution in [0.3, 0.4) is 0 Å². The number of rotatable bonds is 3. The quantitative estimate of drug-likeness (QED) is 0.512. The summed E-state index contributed by atoms with van der Waals surface area (Å²) in [6.07, 6.45) is 10.8. The molecule has 1 atom stereocenters. The van der Waals surface area contributed by atoms with Crippen molar-refractivity contribution < 1.29 is 9.53 Å². The van der Waals surface area contributed by atoms with E-state index in [4.69, 9.17) is 4.74 Å². The van der Waals surface area contributed by atoms with Gasteiger partial charge in [-0.15, -0.1) is 0 Å². The van der Waals surface area contributed by atoms with E-state index in [0.29, 0.717) is 5.92 Å². The average Bonchev–Trinajstić information content (AvgIpc) is 2.15. The Morgan fingerprint density at radius 3 is 2.57 bits per heavy atom. The SMILES string of the molecule is CC(=O)OC(C)/C=C/C1CCCCC1. The van der Waals surface area contributed by atoms with Gasteiger partial charge in [-0.3, -0.25) is 4.79 Å². The predicted molar refractivity (Wildman–Crippen MR) is 56.9 cm³/mol. The van der Waals surface area contributed by atoms with Crippen molar-refractivity contribution in [2.24, 2.45) is 5.92 Å². The summed E-state index contributed by atoms with van der Waals surface area (Å²) < 4.78 is 5.02. The molecule has 0 heterocycles. The molecule has 0 spiro atoms. The van der Waals surface area contributed by atoms with Crippen molar-refractivity contribution >= 4 is 5.97 Å². The second kappa shape index (κ2) is 5.84. The summed E-state index contributed by atoms with van der Waals surface area (Å²) in [6.45, 7) is 3.35. The van der Waals surface area contributed by atoms with E-state index in [2.05, 4.69) is 6.08 Å². The van der Waals surface area contributed by atoms with Crippen molar-refractivity contribution in [2.45, 2.75) is 52.1 Å². The Kier molecular flexibility index (Phi) is 4.71. The third-order valence-electron chi connectivity index (χ3n) is 2.66. The summed E-state index contributed by atoms with van der Waals surface area (Å²) in [5.74, 6) is 0.507. The van der Waals surface area contributed by atoms with Crippen LogP contribution in [0.1, 0.15) is 46.0 Å². The molecule has 1 saturated carbocycles. The highest BCUT2D eigenvalue weighted by molar-refractivity contribution is 5.66. The van der Waals surface area contributed by atoms with Gasteiger partial charge in [0.15, 0.2) is 0 Å². The first-order chi connectivity index (χ1) is 6.68. The van der Waals surface area contributed by atoms with Gasteiger partial charge in [-0.1, -0.05) is 25.3 Å². The molecule has 1 unspecified atom stereocenters. The summed E-state index contributed by atoms with van der Waals surface area (Å²) >= 11 is 0. The van der Waals surface area contributed by atoms with Crippen molar-refractivity contribution in [3.05, 3.63) is 12.2 Å². The predicted octanol–water partition coefficient (Wildman–Crippen LogP) is 3.07. The molecular weight excluding hydrogens is 176 g/mol. The molecule has 2 nitrogen and oxygen atoms in total. The smallest absolute Gasteiger partial charge is 0.303 e. The number of hydrogen-bond acceptors (Lipinski definition) is 2. The van der Waals surface area contributed by atoms with Crippen LogP contribution in [0.15, 0.2) is 12.2 Å². The Balaban J connectivity index is 2.26. The highest BCUT2D eigenvalue weighted by Gasteiger charge is 2.10. The first-order valence-corrected chi connectivity index (χ1v) is 5.54. The van der Waals surface area contributed by atoms with Gasteiger partial charge < -0.3 is 4.74 Å². The van der Waals surface area contributed by atoms with Crippen LogP contribution in [0.2, 0.25) is 0 Å². The van der Waals surface area contributed by atoms with Gasteiger partial charge in [-0.05, 0) is 31.8 Å². The lowest BCUT2D eigenvalue weighted by atomic mass is 9.89. The molecule has 0 radical (unpaired) electrons. The summed E-state index contributed by atoms with van der Waals surface area (Å²) in [5, 5.41) is 0. The van der Waals surface area contributed by atoms with Crippen LogP contribution >= 0.6 is 0 Å². The van der Waals surface area contributed by atoms with Gasteiger partial charge in [-0.2, -0.15) is 0 Å². The summed E-state index contributed by atoms with van der Waals surface area (Å²) in [6, 6.07) is 0. The third kappa shape index (κ3) is 4.45. The highest BCUT2D eigenvalue weighted by Crippen LogP contribution is 2.24. The number of ether oxygens (including phenoxy) is 1. The molecule has 1 aliphatic rings. The van der Waals surface area contributed by atoms with Crippen LogP contribution in [-0.2, 0) is 9.53 Å². The Bertz CT molecular complexity index is 202. The number of carbonyl (C=O) groups is 1. The van der Waals surface area contributed by atoms with E-state index in [1.54, 1.807) is 0 Å². The summed E-state index contributed by atoms with van der Waals surface area (Å²) in [5.41, 5.74) is 0. The van der Waals surface area contributed by atoms with Gasteiger partial charge in [0.05, 0.1) is 0 Å². The lowest BCUT2D eigenvalue weighted by Gasteiger charge is -2.18. The Hall–Kier alpha value is -0.790. The Morgan fingerprint density at radius 1 is 1.36 bits per heavy atom. The van der Waals surface area contributed by atoms with Crippen LogP contribution in [0.4, 0.5) is 0 Å². The van der Waals surface area contributed by atoms with Crippen molar-refractivity contribution in [3.8, 4) is 0 Å². The lowest BCUT2D eigenvalue weighted by molar-refractivity contribution is -0.143. The van der Waals surface area contributed by atoms with Crippen molar-refractivity contribution in [1.82, 2.24) is 0 Å². The second-order valence-electron chi connectivity index (χ2n) is 4.10. The largest absolute Gasteiger partial charge is 0.459 e. The van der Waals surface area contributed by atoms with Crippen LogP contribution in [0, 0.1) is 5.92 Å². The fourth-order valence-corrected chi connectivity index (χ4v) is 1.94. The number of esters is 1. The number of hydrogen-bond donors (Lipinski definition) is 0. The van der Waals surface area contributed by atoms with Crippen molar-refractivity contribution in [3.63, 3.8) is 0 Å². The van der Waals surface area contributed by atoms with Gasteiger partial charge >= 0.3 is 5.97 Å². The van der Waals surface area contributed by atoms with Crippen LogP contribution < -0.4 is 0 Å². The molecule has 0 aromatic rings. The molecule has 0 aromatic carbocycles. The number of carbonyl (C=O) groups excluding carboxylic acids is 1. The van der Waals surface area contributed by atoms with E-state index in [1.165, 1.54) is 39.0 Å². The maximum Gasteiger partial charge on any atom is 0.303 e. The molecule has 0 amide bonds. The van der Waals surface area contributed by atoms with Crippen LogP contribution in [-0.4, -0.2) is 12.1 Å². The maximum atomic E-state index is 10.6. The molecule has 0 N–H and O–H groups in total. The highest BCUT2D eigenvalue weighted by atomic mass is 16.5. The zero-order valence-corrected chi connectivity index (χ0v) is 9.16. The molecule has 0 aliphatic heterocycles. The van der Waals surface area contributed by atoms with Crippen LogP contribution in [0.5, 0.6) is 0 Å². The van der Waals surface area contributed by atoms with Gasteiger partial charge in [0.25, 0.3) is 0 Å². The molecule has 2 heteroatoms. The summed E-state index contributed by atoms with van der Waals surface area (Å²) in [4.78, 5) is 10.6. The average molecular weight is 196 g/mol. The fourth-order valence-electron chi connectivity index (χ4n) is 1.94. The van der Waals surface area contributed by atoms with E-state index in [-0.39, 0.29) is 12.1 Å². The molecule has 0 bridgehead atoms. The first-order valence-electron chi connectivity index (χ1n) is 5.54. The van der Waals surface area contributed by atoms with Crippen molar-refractivity contribution in [2.75, 3.05) is 0 Å². The molecule has 1 aliphatic carbocycles. The Morgan fingerprint density at radius 2 is 2.00 bits per heavy atom. The molecule has 0 aromatic heterocycles. The zero-order valence-electron chi connectivity index (χ0n) is 9.16. The zero-order chi connectivity index (χ0) is 10.4. The fraction of sp³-hybridized carbons (Fsp3) is 0.750. The minimum Gasteiger partial charge on any atom is -0.459 e. The van der Waals surface area contributed by atoms with Gasteiger partial charge in [0, 0.05) is 6.92 Å². The van der Waals surface area contributed by atoms with E-state index >= 15 is 0 Å². The van der Waals surface area contributed by atoms with Gasteiger partial charge in [-0.25, -0.2) is 0 Å². The molecule has 1 fully saturated rings. The molecule has 1 rings (SSSR count). The van der Waals surface area contributed by atoms with Gasteiger partial charge in [0.2, 0.25) is 0 Å². The number of allylic oxidation sites excluding steroid dienone is 1. The molecule has 14 heavy (non-hydrogen) atoms. The lowest BCUT2D eigenvalue weighted by Crippen LogP contribution is -2.10. The first kappa shape index (κ1) is 11.3. The second-order valence-corrected chi connectivity index (χ2v) is 4.10. The maximum absolute atomic E-state index is 10.6. The summed E-state index contributed by atoms with van der Waals surface area (Å²) in [7, 11) is 0. The van der Waals surface area contributed by atoms with E-state index < -0.39 is 0 Å². The Labute approximate surface area is 86.3 Å². The molecular formula is C12H20O2. The van der Waals surface area contributed by atoms with E-state index in [0.717, 1.165) is 0 Å². The van der Waals surface area contributed by atoms with Gasteiger partial charge in [0.1, 0.15) is 6.10 Å². The standard InChI is InChI=1S/C12H20O2/c1-10(14-11(2)13)8-9-12-6-4-3-5-7-12/h8-10,12H,3-7H2,1-2H3/b9-8+. The molecule has 80 valence electrons. The van der Waals surface area contributed by atoms with Crippen LogP contribution in [0.25, 0.3) is 0 Å². The third-order valence-corrected chi connectivity index (χ3v) is 2.66.